The van der Waals surface area contributed by atoms with Crippen molar-refractivity contribution in [2.45, 2.75) is 83.7 Å². The van der Waals surface area contributed by atoms with E-state index >= 15 is 0 Å². The minimum Gasteiger partial charge on any atom is -0.394 e. The lowest BCUT2D eigenvalue weighted by Gasteiger charge is -2.28. The van der Waals surface area contributed by atoms with Crippen LogP contribution in [0.4, 0.5) is 13.2 Å². The van der Waals surface area contributed by atoms with E-state index in [-0.39, 0.29) is 12.4 Å². The zero-order valence-corrected chi connectivity index (χ0v) is 19.1. The Morgan fingerprint density at radius 2 is 1.90 bits per heavy atom. The molecule has 0 bridgehead atoms. The number of hydrogen-bond donors (Lipinski definition) is 1. The zero-order valence-electron chi connectivity index (χ0n) is 19.1. The van der Waals surface area contributed by atoms with Gasteiger partial charge in [-0.15, -0.1) is 0 Å². The molecule has 1 aromatic rings. The van der Waals surface area contributed by atoms with Crippen molar-refractivity contribution in [3.05, 3.63) is 65.9 Å². The van der Waals surface area contributed by atoms with Crippen LogP contribution in [0.5, 0.6) is 0 Å². The Morgan fingerprint density at radius 1 is 1.16 bits per heavy atom. The zero-order chi connectivity index (χ0) is 23.0. The Morgan fingerprint density at radius 3 is 2.58 bits per heavy atom. The molecule has 5 heteroatoms. The monoisotopic (exact) mass is 430 g/mol. The van der Waals surface area contributed by atoms with E-state index in [0.717, 1.165) is 38.4 Å². The van der Waals surface area contributed by atoms with Crippen LogP contribution in [0.1, 0.15) is 75.5 Å². The molecule has 1 heterocycles. The highest BCUT2D eigenvalue weighted by Gasteiger charge is 2.26. The van der Waals surface area contributed by atoms with Crippen molar-refractivity contribution in [1.29, 1.82) is 0 Å². The van der Waals surface area contributed by atoms with Crippen molar-refractivity contribution in [3.8, 4) is 0 Å². The first kappa shape index (κ1) is 25.4. The molecule has 1 aliphatic heterocycles. The van der Waals surface area contributed by atoms with Crippen LogP contribution < -0.4 is 5.32 Å². The Balaban J connectivity index is 1.88. The lowest BCUT2D eigenvalue weighted by atomic mass is 9.57. The van der Waals surface area contributed by atoms with Gasteiger partial charge >= 0.3 is 6.18 Å². The number of benzene rings is 1. The fraction of sp³-hybridized carbons (Fsp3) is 0.538. The smallest absolute Gasteiger partial charge is 0.389 e. The maximum atomic E-state index is 12.3. The van der Waals surface area contributed by atoms with Crippen molar-refractivity contribution < 1.29 is 13.2 Å². The van der Waals surface area contributed by atoms with Gasteiger partial charge in [0.15, 0.2) is 0 Å². The molecule has 0 spiro atoms. The number of hydrogen-bond acceptors (Lipinski definition) is 1. The van der Waals surface area contributed by atoms with Gasteiger partial charge in [0.25, 0.3) is 0 Å². The molecule has 1 nitrogen and oxygen atoms in total. The van der Waals surface area contributed by atoms with Gasteiger partial charge in [-0.25, -0.2) is 0 Å². The minimum atomic E-state index is -4.10. The summed E-state index contributed by atoms with van der Waals surface area (Å²) in [5.74, 6) is 0.674. The molecule has 31 heavy (non-hydrogen) atoms. The Labute approximate surface area is 187 Å². The molecule has 1 N–H and O–H groups in total. The number of fused-ring (bicyclic) bond motifs is 1. The first-order valence-electron chi connectivity index (χ1n) is 11.4. The van der Waals surface area contributed by atoms with E-state index < -0.39 is 12.6 Å². The summed E-state index contributed by atoms with van der Waals surface area (Å²) in [4.78, 5) is 0. The largest absolute Gasteiger partial charge is 0.394 e. The van der Waals surface area contributed by atoms with Crippen LogP contribution in [0.3, 0.4) is 0 Å². The maximum absolute atomic E-state index is 12.3. The first-order chi connectivity index (χ1) is 14.6. The Kier molecular flexibility index (Phi) is 9.52. The van der Waals surface area contributed by atoms with E-state index in [0.29, 0.717) is 18.0 Å². The van der Waals surface area contributed by atoms with E-state index in [4.69, 9.17) is 0 Å². The van der Waals surface area contributed by atoms with Crippen LogP contribution in [0, 0.1) is 5.92 Å². The number of halogens is 3. The standard InChI is InChI=1S/C26H36BF3N/c1-6-18(2)19(3)10-7-11-20(4)23-14-8-13-22-16-25(27-17-24(22)23)31-21(5)12-9-15-26(28,29)30/h8,13-14,18,25,31H,3-7,9-12,15-17H2,1-2H3. The highest BCUT2D eigenvalue weighted by molar-refractivity contribution is 6.38. The SMILES string of the molecule is C=C(CCCC(F)(F)F)NC1[B]Cc2c(cccc2C(=C)CCCC(=C)C(C)CC)C1. The third-order valence-corrected chi connectivity index (χ3v) is 6.31. The summed E-state index contributed by atoms with van der Waals surface area (Å²) < 4.78 is 37.0. The van der Waals surface area contributed by atoms with Crippen LogP contribution in [-0.4, -0.2) is 19.4 Å². The quantitative estimate of drug-likeness (QED) is 0.269. The molecule has 2 rings (SSSR count). The van der Waals surface area contributed by atoms with Crippen molar-refractivity contribution >= 4 is 12.9 Å². The maximum Gasteiger partial charge on any atom is 0.389 e. The second-order valence-corrected chi connectivity index (χ2v) is 8.83. The summed E-state index contributed by atoms with van der Waals surface area (Å²) in [7, 11) is 2.21. The lowest BCUT2D eigenvalue weighted by molar-refractivity contribution is -0.135. The normalized spacial score (nSPS) is 16.7. The first-order valence-corrected chi connectivity index (χ1v) is 11.4. The van der Waals surface area contributed by atoms with Crippen LogP contribution in [0.2, 0.25) is 0 Å². The van der Waals surface area contributed by atoms with E-state index in [1.807, 2.05) is 0 Å². The van der Waals surface area contributed by atoms with Crippen molar-refractivity contribution in [2.75, 3.05) is 0 Å². The molecule has 0 fully saturated rings. The van der Waals surface area contributed by atoms with Gasteiger partial charge < -0.3 is 5.32 Å². The predicted molar refractivity (Wildman–Crippen MR) is 127 cm³/mol. The second-order valence-electron chi connectivity index (χ2n) is 8.83. The van der Waals surface area contributed by atoms with Crippen molar-refractivity contribution in [1.82, 2.24) is 5.32 Å². The molecule has 0 amide bonds. The molecule has 2 atom stereocenters. The summed E-state index contributed by atoms with van der Waals surface area (Å²) in [5, 5.41) is 3.31. The molecule has 0 aliphatic carbocycles. The molecule has 1 aromatic carbocycles. The molecule has 0 saturated heterocycles. The fourth-order valence-corrected chi connectivity index (χ4v) is 4.12. The van der Waals surface area contributed by atoms with E-state index in [1.165, 1.54) is 27.8 Å². The number of allylic oxidation sites excluding steroid dienone is 3. The number of rotatable bonds is 12. The molecule has 2 unspecified atom stereocenters. The summed E-state index contributed by atoms with van der Waals surface area (Å²) in [6, 6.07) is 6.38. The summed E-state index contributed by atoms with van der Waals surface area (Å²) in [6.07, 6.45) is 1.40. The van der Waals surface area contributed by atoms with Gasteiger partial charge in [0, 0.05) is 12.1 Å². The highest BCUT2D eigenvalue weighted by atomic mass is 19.4. The van der Waals surface area contributed by atoms with Gasteiger partial charge in [-0.2, -0.15) is 13.2 Å². The predicted octanol–water partition coefficient (Wildman–Crippen LogP) is 7.39. The molecule has 0 aromatic heterocycles. The van der Waals surface area contributed by atoms with Crippen LogP contribution >= 0.6 is 0 Å². The Bertz CT molecular complexity index is 781. The van der Waals surface area contributed by atoms with Gasteiger partial charge in [-0.05, 0) is 79.1 Å². The van der Waals surface area contributed by atoms with E-state index in [1.54, 1.807) is 0 Å². The van der Waals surface area contributed by atoms with Crippen LogP contribution in [-0.2, 0) is 12.7 Å². The minimum absolute atomic E-state index is 0.0755. The second kappa shape index (κ2) is 11.6. The Hall–Kier alpha value is -1.91. The third-order valence-electron chi connectivity index (χ3n) is 6.31. The van der Waals surface area contributed by atoms with Crippen molar-refractivity contribution in [2.24, 2.45) is 5.92 Å². The number of nitrogens with one attached hydrogen (secondary N) is 1. The molecule has 0 saturated carbocycles. The van der Waals surface area contributed by atoms with Crippen LogP contribution in [0.25, 0.3) is 5.57 Å². The summed E-state index contributed by atoms with van der Waals surface area (Å²) in [6.45, 7) is 16.9. The molecule has 169 valence electrons. The average Bonchev–Trinajstić information content (AvgIpc) is 2.71. The molecule has 1 radical (unpaired) electrons. The summed E-state index contributed by atoms with van der Waals surface area (Å²) in [5.41, 5.74) is 7.02. The third kappa shape index (κ3) is 8.27. The van der Waals surface area contributed by atoms with Gasteiger partial charge in [0.05, 0.1) is 0 Å². The molecular formula is C26H36BF3N. The fourth-order valence-electron chi connectivity index (χ4n) is 4.12. The van der Waals surface area contributed by atoms with E-state index in [9.17, 15) is 13.2 Å². The highest BCUT2D eigenvalue weighted by Crippen LogP contribution is 2.30. The average molecular weight is 430 g/mol. The molecular weight excluding hydrogens is 394 g/mol. The van der Waals surface area contributed by atoms with Gasteiger partial charge in [0.1, 0.15) is 7.28 Å². The van der Waals surface area contributed by atoms with Crippen LogP contribution in [0.15, 0.2) is 49.2 Å². The summed E-state index contributed by atoms with van der Waals surface area (Å²) >= 11 is 0. The molecule has 1 aliphatic rings. The van der Waals surface area contributed by atoms with Crippen molar-refractivity contribution in [3.63, 3.8) is 0 Å². The van der Waals surface area contributed by atoms with Gasteiger partial charge in [-0.1, -0.05) is 63.7 Å². The number of alkyl halides is 3. The van der Waals surface area contributed by atoms with Gasteiger partial charge in [-0.3, -0.25) is 0 Å². The van der Waals surface area contributed by atoms with E-state index in [2.05, 4.69) is 64.4 Å². The van der Waals surface area contributed by atoms with Gasteiger partial charge in [0.2, 0.25) is 0 Å². The lowest BCUT2D eigenvalue weighted by Crippen LogP contribution is -2.40. The topological polar surface area (TPSA) is 12.0 Å².